The van der Waals surface area contributed by atoms with E-state index in [4.69, 9.17) is 5.73 Å². The molecule has 132 valence electrons. The van der Waals surface area contributed by atoms with Crippen LogP contribution in [0.3, 0.4) is 0 Å². The zero-order chi connectivity index (χ0) is 18.3. The van der Waals surface area contributed by atoms with Gasteiger partial charge in [0.25, 0.3) is 0 Å². The van der Waals surface area contributed by atoms with Crippen LogP contribution in [0.4, 0.5) is 4.39 Å². The Morgan fingerprint density at radius 3 is 2.25 bits per heavy atom. The summed E-state index contributed by atoms with van der Waals surface area (Å²) in [4.78, 5) is 35.3. The number of amides is 3. The molecule has 0 spiro atoms. The van der Waals surface area contributed by atoms with E-state index in [2.05, 4.69) is 10.6 Å². The molecule has 1 rings (SSSR count). The number of hydrogen-bond donors (Lipinski definition) is 3. The highest BCUT2D eigenvalue weighted by molar-refractivity contribution is 5.91. The van der Waals surface area contributed by atoms with E-state index in [-0.39, 0.29) is 23.8 Å². The molecule has 0 aliphatic rings. The second-order valence-electron chi connectivity index (χ2n) is 6.14. The van der Waals surface area contributed by atoms with Gasteiger partial charge < -0.3 is 16.4 Å². The summed E-state index contributed by atoms with van der Waals surface area (Å²) in [7, 11) is 0. The van der Waals surface area contributed by atoms with Gasteiger partial charge in [-0.2, -0.15) is 0 Å². The second kappa shape index (κ2) is 9.00. The van der Waals surface area contributed by atoms with Gasteiger partial charge >= 0.3 is 0 Å². The highest BCUT2D eigenvalue weighted by Gasteiger charge is 2.26. The quantitative estimate of drug-likeness (QED) is 0.656. The summed E-state index contributed by atoms with van der Waals surface area (Å²) in [6.07, 6.45) is 0.360. The Balaban J connectivity index is 2.85. The highest BCUT2D eigenvalue weighted by Crippen LogP contribution is 2.10. The Morgan fingerprint density at radius 2 is 1.75 bits per heavy atom. The third-order valence-corrected chi connectivity index (χ3v) is 3.44. The lowest BCUT2D eigenvalue weighted by molar-refractivity contribution is -0.131. The smallest absolute Gasteiger partial charge is 0.243 e. The molecule has 0 saturated heterocycles. The van der Waals surface area contributed by atoms with Crippen molar-refractivity contribution in [1.29, 1.82) is 0 Å². The van der Waals surface area contributed by atoms with Crippen LogP contribution in [-0.4, -0.2) is 29.8 Å². The second-order valence-corrected chi connectivity index (χ2v) is 6.14. The third-order valence-electron chi connectivity index (χ3n) is 3.44. The van der Waals surface area contributed by atoms with E-state index in [0.717, 1.165) is 0 Å². The molecular weight excluding hydrogens is 313 g/mol. The van der Waals surface area contributed by atoms with Gasteiger partial charge in [-0.15, -0.1) is 0 Å². The fourth-order valence-electron chi connectivity index (χ4n) is 2.33. The minimum atomic E-state index is -1.06. The van der Waals surface area contributed by atoms with Crippen LogP contribution in [0.25, 0.3) is 0 Å². The van der Waals surface area contributed by atoms with Crippen LogP contribution in [0.15, 0.2) is 24.3 Å². The standard InChI is InChI=1S/C17H24FN3O3/c1-10(2)8-15(20-11(3)22)17(24)21-14(16(19)23)9-12-6-4-5-7-13(12)18/h4-7,10,14-15H,8-9H2,1-3H3,(H2,19,23)(H,20,22)(H,21,24)/t14-,15-/m0/s1. The van der Waals surface area contributed by atoms with Crippen molar-refractivity contribution in [3.8, 4) is 0 Å². The number of nitrogens with two attached hydrogens (primary N) is 1. The van der Waals surface area contributed by atoms with Gasteiger partial charge in [0, 0.05) is 13.3 Å². The Kier molecular flexibility index (Phi) is 7.35. The molecule has 0 aromatic heterocycles. The molecular formula is C17H24FN3O3. The first-order chi connectivity index (χ1) is 11.2. The van der Waals surface area contributed by atoms with Crippen LogP contribution >= 0.6 is 0 Å². The zero-order valence-corrected chi connectivity index (χ0v) is 14.1. The minimum Gasteiger partial charge on any atom is -0.368 e. The molecule has 0 unspecified atom stereocenters. The van der Waals surface area contributed by atoms with Gasteiger partial charge in [-0.1, -0.05) is 32.0 Å². The molecule has 0 bridgehead atoms. The summed E-state index contributed by atoms with van der Waals surface area (Å²) in [5.41, 5.74) is 5.60. The lowest BCUT2D eigenvalue weighted by atomic mass is 10.0. The predicted octanol–water partition coefficient (Wildman–Crippen LogP) is 0.889. The highest BCUT2D eigenvalue weighted by atomic mass is 19.1. The number of carbonyl (C=O) groups excluding carboxylic acids is 3. The maximum absolute atomic E-state index is 13.7. The van der Waals surface area contributed by atoms with Crippen LogP contribution in [0.5, 0.6) is 0 Å². The largest absolute Gasteiger partial charge is 0.368 e. The maximum Gasteiger partial charge on any atom is 0.243 e. The van der Waals surface area contributed by atoms with E-state index >= 15 is 0 Å². The molecule has 7 heteroatoms. The average Bonchev–Trinajstić information content (AvgIpc) is 2.46. The molecule has 0 heterocycles. The molecule has 1 aromatic carbocycles. The van der Waals surface area contributed by atoms with Gasteiger partial charge in [0.15, 0.2) is 0 Å². The number of nitrogens with one attached hydrogen (secondary N) is 2. The van der Waals surface area contributed by atoms with Crippen molar-refractivity contribution in [1.82, 2.24) is 10.6 Å². The molecule has 6 nitrogen and oxygen atoms in total. The Morgan fingerprint density at radius 1 is 1.12 bits per heavy atom. The first kappa shape index (κ1) is 19.6. The van der Waals surface area contributed by atoms with Crippen LogP contribution in [0.2, 0.25) is 0 Å². The van der Waals surface area contributed by atoms with Gasteiger partial charge in [-0.05, 0) is 24.0 Å². The molecule has 4 N–H and O–H groups in total. The van der Waals surface area contributed by atoms with Crippen molar-refractivity contribution >= 4 is 17.7 Å². The summed E-state index contributed by atoms with van der Waals surface area (Å²) >= 11 is 0. The first-order valence-electron chi connectivity index (χ1n) is 7.81. The summed E-state index contributed by atoms with van der Waals surface area (Å²) < 4.78 is 13.7. The van der Waals surface area contributed by atoms with Crippen molar-refractivity contribution in [2.45, 2.75) is 45.7 Å². The molecule has 0 radical (unpaired) electrons. The monoisotopic (exact) mass is 337 g/mol. The fraction of sp³-hybridized carbons (Fsp3) is 0.471. The van der Waals surface area contributed by atoms with Crippen LogP contribution < -0.4 is 16.4 Å². The summed E-state index contributed by atoms with van der Waals surface area (Å²) in [6, 6.07) is 4.14. The average molecular weight is 337 g/mol. The molecule has 0 saturated carbocycles. The number of halogens is 1. The van der Waals surface area contributed by atoms with Gasteiger partial charge in [0.2, 0.25) is 17.7 Å². The number of rotatable bonds is 8. The minimum absolute atomic E-state index is 0.0534. The summed E-state index contributed by atoms with van der Waals surface area (Å²) in [5, 5.41) is 5.06. The van der Waals surface area contributed by atoms with Crippen LogP contribution in [0, 0.1) is 11.7 Å². The predicted molar refractivity (Wildman–Crippen MR) is 88.3 cm³/mol. The van der Waals surface area contributed by atoms with E-state index in [9.17, 15) is 18.8 Å². The van der Waals surface area contributed by atoms with E-state index < -0.39 is 29.7 Å². The summed E-state index contributed by atoms with van der Waals surface area (Å²) in [6.45, 7) is 5.13. The number of hydrogen-bond acceptors (Lipinski definition) is 3. The van der Waals surface area contributed by atoms with E-state index in [1.807, 2.05) is 13.8 Å². The molecule has 1 aromatic rings. The SMILES string of the molecule is CC(=O)N[C@@H](CC(C)C)C(=O)N[C@@H](Cc1ccccc1F)C(N)=O. The van der Waals surface area contributed by atoms with Crippen LogP contribution in [0.1, 0.15) is 32.8 Å². The molecule has 2 atom stereocenters. The van der Waals surface area contributed by atoms with Crippen molar-refractivity contribution in [2.75, 3.05) is 0 Å². The van der Waals surface area contributed by atoms with Crippen LogP contribution in [-0.2, 0) is 20.8 Å². The van der Waals surface area contributed by atoms with Crippen molar-refractivity contribution in [3.63, 3.8) is 0 Å². The Bertz CT molecular complexity index is 604. The first-order valence-corrected chi connectivity index (χ1v) is 7.81. The molecule has 3 amide bonds. The maximum atomic E-state index is 13.7. The van der Waals surface area contributed by atoms with Crippen molar-refractivity contribution < 1.29 is 18.8 Å². The van der Waals surface area contributed by atoms with Gasteiger partial charge in [-0.25, -0.2) is 4.39 Å². The topological polar surface area (TPSA) is 101 Å². The Hall–Kier alpha value is -2.44. The fourth-order valence-corrected chi connectivity index (χ4v) is 2.33. The van der Waals surface area contributed by atoms with E-state index in [1.54, 1.807) is 6.07 Å². The molecule has 0 aliphatic carbocycles. The lowest BCUT2D eigenvalue weighted by Gasteiger charge is -2.22. The van der Waals surface area contributed by atoms with E-state index in [0.29, 0.717) is 6.42 Å². The number of benzene rings is 1. The zero-order valence-electron chi connectivity index (χ0n) is 14.1. The molecule has 24 heavy (non-hydrogen) atoms. The molecule has 0 fully saturated rings. The molecule has 0 aliphatic heterocycles. The number of primary amides is 1. The Labute approximate surface area is 141 Å². The van der Waals surface area contributed by atoms with Gasteiger partial charge in [0.05, 0.1) is 0 Å². The van der Waals surface area contributed by atoms with Gasteiger partial charge in [-0.3, -0.25) is 14.4 Å². The number of carbonyl (C=O) groups is 3. The third kappa shape index (κ3) is 6.36. The van der Waals surface area contributed by atoms with Gasteiger partial charge in [0.1, 0.15) is 17.9 Å². The van der Waals surface area contributed by atoms with E-state index in [1.165, 1.54) is 25.1 Å². The normalized spacial score (nSPS) is 13.2. The summed E-state index contributed by atoms with van der Waals surface area (Å²) in [5.74, 6) is -1.94. The van der Waals surface area contributed by atoms with Crippen molar-refractivity contribution in [3.05, 3.63) is 35.6 Å². The lowest BCUT2D eigenvalue weighted by Crippen LogP contribution is -2.53. The van der Waals surface area contributed by atoms with Crippen molar-refractivity contribution in [2.24, 2.45) is 11.7 Å².